The number of hydrogen-bond donors (Lipinski definition) is 1. The molecule has 1 aromatic heterocycles. The SMILES string of the molecule is O=C(C1CCCN1c1ncc(I)cn1)N1CCNCC1. The van der Waals surface area contributed by atoms with Gasteiger partial charge in [0, 0.05) is 48.7 Å². The van der Waals surface area contributed by atoms with Crippen molar-refractivity contribution in [1.82, 2.24) is 20.2 Å². The topological polar surface area (TPSA) is 61.4 Å². The minimum absolute atomic E-state index is 0.0897. The highest BCUT2D eigenvalue weighted by atomic mass is 127. The number of carbonyl (C=O) groups excluding carboxylic acids is 1. The molecule has 2 saturated heterocycles. The maximum absolute atomic E-state index is 12.7. The second-order valence-electron chi connectivity index (χ2n) is 5.13. The van der Waals surface area contributed by atoms with E-state index in [0.29, 0.717) is 5.95 Å². The van der Waals surface area contributed by atoms with Crippen LogP contribution >= 0.6 is 22.6 Å². The van der Waals surface area contributed by atoms with E-state index in [-0.39, 0.29) is 11.9 Å². The molecular weight excluding hydrogens is 369 g/mol. The lowest BCUT2D eigenvalue weighted by Gasteiger charge is -2.32. The number of aromatic nitrogens is 2. The summed E-state index contributed by atoms with van der Waals surface area (Å²) in [5, 5.41) is 3.28. The zero-order chi connectivity index (χ0) is 13.9. The molecule has 2 aliphatic rings. The summed E-state index contributed by atoms with van der Waals surface area (Å²) < 4.78 is 1.01. The van der Waals surface area contributed by atoms with Crippen molar-refractivity contribution in [2.24, 2.45) is 0 Å². The second-order valence-corrected chi connectivity index (χ2v) is 6.37. The predicted molar refractivity (Wildman–Crippen MR) is 84.6 cm³/mol. The molecule has 1 N–H and O–H groups in total. The Morgan fingerprint density at radius 1 is 1.25 bits per heavy atom. The third kappa shape index (κ3) is 2.88. The van der Waals surface area contributed by atoms with Crippen LogP contribution in [0.2, 0.25) is 0 Å². The van der Waals surface area contributed by atoms with E-state index in [1.54, 1.807) is 12.4 Å². The van der Waals surface area contributed by atoms with E-state index < -0.39 is 0 Å². The Balaban J connectivity index is 1.74. The van der Waals surface area contributed by atoms with E-state index in [2.05, 4.69) is 42.8 Å². The quantitative estimate of drug-likeness (QED) is 0.749. The molecule has 2 fully saturated rings. The van der Waals surface area contributed by atoms with Crippen molar-refractivity contribution in [2.75, 3.05) is 37.6 Å². The van der Waals surface area contributed by atoms with Gasteiger partial charge in [-0.2, -0.15) is 0 Å². The van der Waals surface area contributed by atoms with Crippen molar-refractivity contribution in [3.63, 3.8) is 0 Å². The minimum Gasteiger partial charge on any atom is -0.338 e. The van der Waals surface area contributed by atoms with Crippen molar-refractivity contribution in [3.8, 4) is 0 Å². The molecule has 6 nitrogen and oxygen atoms in total. The highest BCUT2D eigenvalue weighted by Gasteiger charge is 2.35. The third-order valence-corrected chi connectivity index (χ3v) is 4.39. The van der Waals surface area contributed by atoms with Crippen LogP contribution in [0.5, 0.6) is 0 Å². The van der Waals surface area contributed by atoms with Gasteiger partial charge in [0.15, 0.2) is 0 Å². The molecule has 1 atom stereocenters. The van der Waals surface area contributed by atoms with Crippen LogP contribution in [0.1, 0.15) is 12.8 Å². The van der Waals surface area contributed by atoms with Crippen LogP contribution in [-0.2, 0) is 4.79 Å². The molecule has 3 heterocycles. The van der Waals surface area contributed by atoms with E-state index in [9.17, 15) is 4.79 Å². The zero-order valence-electron chi connectivity index (χ0n) is 11.3. The van der Waals surface area contributed by atoms with Gasteiger partial charge in [0.1, 0.15) is 6.04 Å². The Bertz CT molecular complexity index is 474. The molecule has 1 unspecified atom stereocenters. The fourth-order valence-corrected chi connectivity index (χ4v) is 3.09. The Morgan fingerprint density at radius 3 is 2.65 bits per heavy atom. The molecule has 0 spiro atoms. The van der Waals surface area contributed by atoms with Crippen LogP contribution in [0.25, 0.3) is 0 Å². The fraction of sp³-hybridized carbons (Fsp3) is 0.615. The summed E-state index contributed by atoms with van der Waals surface area (Å²) in [6, 6.07) is -0.0897. The lowest BCUT2D eigenvalue weighted by Crippen LogP contribution is -2.52. The van der Waals surface area contributed by atoms with Gasteiger partial charge in [0.25, 0.3) is 0 Å². The van der Waals surface area contributed by atoms with Gasteiger partial charge in [-0.1, -0.05) is 0 Å². The van der Waals surface area contributed by atoms with Crippen LogP contribution < -0.4 is 10.2 Å². The van der Waals surface area contributed by atoms with Crippen molar-refractivity contribution in [3.05, 3.63) is 16.0 Å². The van der Waals surface area contributed by atoms with Gasteiger partial charge in [-0.15, -0.1) is 0 Å². The first-order valence-corrected chi connectivity index (χ1v) is 8.07. The Kier molecular flexibility index (Phi) is 4.35. The van der Waals surface area contributed by atoms with Crippen LogP contribution in [0.3, 0.4) is 0 Å². The molecule has 0 aromatic carbocycles. The largest absolute Gasteiger partial charge is 0.338 e. The summed E-state index contributed by atoms with van der Waals surface area (Å²) in [5.74, 6) is 0.905. The minimum atomic E-state index is -0.0897. The van der Waals surface area contributed by atoms with Gasteiger partial charge in [-0.25, -0.2) is 9.97 Å². The smallest absolute Gasteiger partial charge is 0.245 e. The molecule has 1 aromatic rings. The van der Waals surface area contributed by atoms with Crippen LogP contribution in [0.15, 0.2) is 12.4 Å². The number of amides is 1. The lowest BCUT2D eigenvalue weighted by atomic mass is 10.2. The average molecular weight is 387 g/mol. The Labute approximate surface area is 132 Å². The van der Waals surface area contributed by atoms with Gasteiger partial charge in [-0.3, -0.25) is 4.79 Å². The molecule has 0 radical (unpaired) electrons. The average Bonchev–Trinajstić information content (AvgIpc) is 2.97. The summed E-state index contributed by atoms with van der Waals surface area (Å²) in [6.07, 6.45) is 5.52. The zero-order valence-corrected chi connectivity index (χ0v) is 13.4. The lowest BCUT2D eigenvalue weighted by molar-refractivity contribution is -0.133. The molecule has 1 amide bonds. The van der Waals surface area contributed by atoms with Crippen LogP contribution in [0.4, 0.5) is 5.95 Å². The first-order valence-electron chi connectivity index (χ1n) is 6.99. The van der Waals surface area contributed by atoms with Gasteiger partial charge in [0.05, 0.1) is 0 Å². The monoisotopic (exact) mass is 387 g/mol. The summed E-state index contributed by atoms with van der Waals surface area (Å²) in [6.45, 7) is 4.24. The first-order chi connectivity index (χ1) is 9.75. The van der Waals surface area contributed by atoms with E-state index in [4.69, 9.17) is 0 Å². The number of nitrogens with zero attached hydrogens (tertiary/aromatic N) is 4. The maximum Gasteiger partial charge on any atom is 0.245 e. The number of piperazine rings is 1. The number of hydrogen-bond acceptors (Lipinski definition) is 5. The van der Waals surface area contributed by atoms with E-state index >= 15 is 0 Å². The Hall–Kier alpha value is -0.960. The molecule has 0 bridgehead atoms. The molecule has 20 heavy (non-hydrogen) atoms. The van der Waals surface area contributed by atoms with E-state index in [1.165, 1.54) is 0 Å². The highest BCUT2D eigenvalue weighted by molar-refractivity contribution is 14.1. The molecule has 7 heteroatoms. The summed E-state index contributed by atoms with van der Waals surface area (Å²) >= 11 is 2.19. The normalized spacial score (nSPS) is 23.1. The standard InChI is InChI=1S/C13H18IN5O/c14-10-8-16-13(17-9-10)19-5-1-2-11(19)12(20)18-6-3-15-4-7-18/h8-9,11,15H,1-7H2. The number of nitrogens with one attached hydrogen (secondary N) is 1. The number of halogens is 1. The highest BCUT2D eigenvalue weighted by Crippen LogP contribution is 2.24. The molecule has 108 valence electrons. The van der Waals surface area contributed by atoms with Crippen LogP contribution in [0, 0.1) is 3.57 Å². The Morgan fingerprint density at radius 2 is 1.95 bits per heavy atom. The molecular formula is C13H18IN5O. The fourth-order valence-electron chi connectivity index (χ4n) is 2.81. The summed E-state index contributed by atoms with van der Waals surface area (Å²) in [4.78, 5) is 25.4. The summed E-state index contributed by atoms with van der Waals surface area (Å²) in [7, 11) is 0. The van der Waals surface area contributed by atoms with Crippen molar-refractivity contribution < 1.29 is 4.79 Å². The maximum atomic E-state index is 12.7. The molecule has 2 aliphatic heterocycles. The van der Waals surface area contributed by atoms with E-state index in [0.717, 1.165) is 49.1 Å². The number of anilines is 1. The predicted octanol–water partition coefficient (Wildman–Crippen LogP) is 0.482. The number of carbonyl (C=O) groups is 1. The molecule has 0 saturated carbocycles. The van der Waals surface area contributed by atoms with Gasteiger partial charge >= 0.3 is 0 Å². The summed E-state index contributed by atoms with van der Waals surface area (Å²) in [5.41, 5.74) is 0. The van der Waals surface area contributed by atoms with Crippen LogP contribution in [-0.4, -0.2) is 59.5 Å². The van der Waals surface area contributed by atoms with Gasteiger partial charge in [0.2, 0.25) is 11.9 Å². The van der Waals surface area contributed by atoms with Crippen molar-refractivity contribution >= 4 is 34.4 Å². The second kappa shape index (κ2) is 6.21. The third-order valence-electron chi connectivity index (χ3n) is 3.83. The number of rotatable bonds is 2. The van der Waals surface area contributed by atoms with Gasteiger partial charge < -0.3 is 15.1 Å². The molecule has 3 rings (SSSR count). The van der Waals surface area contributed by atoms with E-state index in [1.807, 2.05) is 4.90 Å². The van der Waals surface area contributed by atoms with Crippen molar-refractivity contribution in [1.29, 1.82) is 0 Å². The first kappa shape index (κ1) is 14.0. The van der Waals surface area contributed by atoms with Crippen molar-refractivity contribution in [2.45, 2.75) is 18.9 Å². The van der Waals surface area contributed by atoms with Gasteiger partial charge in [-0.05, 0) is 35.4 Å². The molecule has 0 aliphatic carbocycles.